The van der Waals surface area contributed by atoms with Crippen molar-refractivity contribution in [1.82, 2.24) is 5.32 Å². The Labute approximate surface area is 75.9 Å². The molecule has 70 valence electrons. The van der Waals surface area contributed by atoms with Crippen molar-refractivity contribution in [2.24, 2.45) is 5.41 Å². The highest BCUT2D eigenvalue weighted by molar-refractivity contribution is 4.86. The van der Waals surface area contributed by atoms with E-state index in [0.29, 0.717) is 5.41 Å². The smallest absolute Gasteiger partial charge is 0.00684 e. The monoisotopic (exact) mass is 167 g/mol. The second kappa shape index (κ2) is 3.37. The van der Waals surface area contributed by atoms with Crippen LogP contribution in [0.15, 0.2) is 0 Å². The SMILES string of the molecule is CC1(CNC2CC2)CCCCC1. The molecule has 0 unspecified atom stereocenters. The lowest BCUT2D eigenvalue weighted by molar-refractivity contribution is 0.207. The van der Waals surface area contributed by atoms with Gasteiger partial charge >= 0.3 is 0 Å². The third-order valence-corrected chi connectivity index (χ3v) is 3.46. The van der Waals surface area contributed by atoms with Gasteiger partial charge < -0.3 is 5.32 Å². The average molecular weight is 167 g/mol. The van der Waals surface area contributed by atoms with Gasteiger partial charge in [-0.15, -0.1) is 0 Å². The third kappa shape index (κ3) is 2.22. The first kappa shape index (κ1) is 8.55. The minimum absolute atomic E-state index is 0.640. The fraction of sp³-hybridized carbons (Fsp3) is 1.00. The van der Waals surface area contributed by atoms with E-state index in [1.54, 1.807) is 0 Å². The van der Waals surface area contributed by atoms with Gasteiger partial charge in [-0.05, 0) is 31.1 Å². The summed E-state index contributed by atoms with van der Waals surface area (Å²) in [5.41, 5.74) is 0.640. The molecular weight excluding hydrogens is 146 g/mol. The van der Waals surface area contributed by atoms with Crippen molar-refractivity contribution < 1.29 is 0 Å². The van der Waals surface area contributed by atoms with Crippen molar-refractivity contribution in [2.75, 3.05) is 6.54 Å². The zero-order valence-electron chi connectivity index (χ0n) is 8.23. The van der Waals surface area contributed by atoms with Crippen LogP contribution in [0.3, 0.4) is 0 Å². The molecule has 2 fully saturated rings. The molecule has 1 N–H and O–H groups in total. The molecule has 0 atom stereocenters. The molecule has 0 aromatic rings. The Kier molecular flexibility index (Phi) is 2.40. The number of nitrogens with one attached hydrogen (secondary N) is 1. The summed E-state index contributed by atoms with van der Waals surface area (Å²) in [6, 6.07) is 0.892. The molecule has 2 rings (SSSR count). The maximum Gasteiger partial charge on any atom is 0.00684 e. The molecule has 0 spiro atoms. The van der Waals surface area contributed by atoms with E-state index in [1.165, 1.54) is 51.5 Å². The molecule has 2 aliphatic carbocycles. The maximum atomic E-state index is 3.67. The Balaban J connectivity index is 1.73. The fourth-order valence-corrected chi connectivity index (χ4v) is 2.26. The van der Waals surface area contributed by atoms with E-state index in [1.807, 2.05) is 0 Å². The van der Waals surface area contributed by atoms with Crippen molar-refractivity contribution in [3.05, 3.63) is 0 Å². The van der Waals surface area contributed by atoms with Crippen LogP contribution in [0.1, 0.15) is 51.9 Å². The first-order valence-corrected chi connectivity index (χ1v) is 5.52. The fourth-order valence-electron chi connectivity index (χ4n) is 2.26. The van der Waals surface area contributed by atoms with E-state index in [9.17, 15) is 0 Å². The van der Waals surface area contributed by atoms with Crippen LogP contribution in [0.4, 0.5) is 0 Å². The van der Waals surface area contributed by atoms with Gasteiger partial charge in [-0.2, -0.15) is 0 Å². The van der Waals surface area contributed by atoms with Crippen LogP contribution in [-0.2, 0) is 0 Å². The summed E-state index contributed by atoms with van der Waals surface area (Å²) in [4.78, 5) is 0. The molecule has 0 amide bonds. The zero-order chi connectivity index (χ0) is 8.44. The second-order valence-electron chi connectivity index (χ2n) is 5.03. The van der Waals surface area contributed by atoms with Gasteiger partial charge in [-0.3, -0.25) is 0 Å². The lowest BCUT2D eigenvalue weighted by Gasteiger charge is -2.33. The quantitative estimate of drug-likeness (QED) is 0.681. The van der Waals surface area contributed by atoms with Crippen LogP contribution in [0.5, 0.6) is 0 Å². The van der Waals surface area contributed by atoms with Crippen molar-refractivity contribution in [3.63, 3.8) is 0 Å². The maximum absolute atomic E-state index is 3.67. The van der Waals surface area contributed by atoms with Gasteiger partial charge in [0.2, 0.25) is 0 Å². The van der Waals surface area contributed by atoms with Crippen LogP contribution in [-0.4, -0.2) is 12.6 Å². The summed E-state index contributed by atoms with van der Waals surface area (Å²) in [5, 5.41) is 3.67. The van der Waals surface area contributed by atoms with Crippen LogP contribution < -0.4 is 5.32 Å². The molecule has 0 aliphatic heterocycles. The third-order valence-electron chi connectivity index (χ3n) is 3.46. The number of rotatable bonds is 3. The molecule has 0 saturated heterocycles. The molecule has 0 radical (unpaired) electrons. The minimum Gasteiger partial charge on any atom is -0.313 e. The van der Waals surface area contributed by atoms with E-state index in [-0.39, 0.29) is 0 Å². The van der Waals surface area contributed by atoms with Crippen LogP contribution >= 0.6 is 0 Å². The molecule has 2 aliphatic rings. The first-order valence-electron chi connectivity index (χ1n) is 5.52. The molecule has 0 bridgehead atoms. The van der Waals surface area contributed by atoms with E-state index >= 15 is 0 Å². The Morgan fingerprint density at radius 3 is 2.42 bits per heavy atom. The largest absolute Gasteiger partial charge is 0.313 e. The van der Waals surface area contributed by atoms with Crippen LogP contribution in [0.2, 0.25) is 0 Å². The topological polar surface area (TPSA) is 12.0 Å². The predicted octanol–water partition coefficient (Wildman–Crippen LogP) is 2.71. The standard InChI is InChI=1S/C11H21N/c1-11(7-3-2-4-8-11)9-12-10-5-6-10/h10,12H,2-9H2,1H3. The van der Waals surface area contributed by atoms with Crippen LogP contribution in [0, 0.1) is 5.41 Å². The predicted molar refractivity (Wildman–Crippen MR) is 52.2 cm³/mol. The van der Waals surface area contributed by atoms with Gasteiger partial charge in [0.15, 0.2) is 0 Å². The summed E-state index contributed by atoms with van der Waals surface area (Å²) in [5.74, 6) is 0. The Morgan fingerprint density at radius 1 is 1.17 bits per heavy atom. The molecule has 12 heavy (non-hydrogen) atoms. The van der Waals surface area contributed by atoms with Crippen molar-refractivity contribution in [2.45, 2.75) is 57.9 Å². The van der Waals surface area contributed by atoms with Gasteiger partial charge in [0.1, 0.15) is 0 Å². The highest BCUT2D eigenvalue weighted by Gasteiger charge is 2.29. The van der Waals surface area contributed by atoms with E-state index < -0.39 is 0 Å². The normalized spacial score (nSPS) is 28.8. The van der Waals surface area contributed by atoms with Crippen molar-refractivity contribution >= 4 is 0 Å². The van der Waals surface area contributed by atoms with Gasteiger partial charge in [0.25, 0.3) is 0 Å². The highest BCUT2D eigenvalue weighted by atomic mass is 15.0. The summed E-state index contributed by atoms with van der Waals surface area (Å²) in [7, 11) is 0. The van der Waals surface area contributed by atoms with Gasteiger partial charge in [0, 0.05) is 12.6 Å². The van der Waals surface area contributed by atoms with Crippen molar-refractivity contribution in [3.8, 4) is 0 Å². The lowest BCUT2D eigenvalue weighted by atomic mass is 9.76. The van der Waals surface area contributed by atoms with Gasteiger partial charge in [-0.25, -0.2) is 0 Å². The Morgan fingerprint density at radius 2 is 1.83 bits per heavy atom. The number of hydrogen-bond donors (Lipinski definition) is 1. The number of hydrogen-bond acceptors (Lipinski definition) is 1. The first-order chi connectivity index (χ1) is 5.79. The van der Waals surface area contributed by atoms with E-state index in [0.717, 1.165) is 6.04 Å². The summed E-state index contributed by atoms with van der Waals surface area (Å²) in [6.45, 7) is 3.74. The average Bonchev–Trinajstić information content (AvgIpc) is 2.85. The molecule has 1 heteroatoms. The second-order valence-corrected chi connectivity index (χ2v) is 5.03. The minimum atomic E-state index is 0.640. The van der Waals surface area contributed by atoms with Crippen molar-refractivity contribution in [1.29, 1.82) is 0 Å². The summed E-state index contributed by atoms with van der Waals surface area (Å²) >= 11 is 0. The molecule has 0 heterocycles. The molecule has 1 nitrogen and oxygen atoms in total. The van der Waals surface area contributed by atoms with E-state index in [2.05, 4.69) is 12.2 Å². The molecule has 0 aromatic heterocycles. The molecule has 0 aromatic carbocycles. The van der Waals surface area contributed by atoms with E-state index in [4.69, 9.17) is 0 Å². The summed E-state index contributed by atoms with van der Waals surface area (Å²) < 4.78 is 0. The Hall–Kier alpha value is -0.0400. The molecular formula is C11H21N. The van der Waals surface area contributed by atoms with Gasteiger partial charge in [-0.1, -0.05) is 26.2 Å². The lowest BCUT2D eigenvalue weighted by Crippen LogP contribution is -2.34. The zero-order valence-corrected chi connectivity index (χ0v) is 8.23. The summed E-state index contributed by atoms with van der Waals surface area (Å²) in [6.07, 6.45) is 10.1. The van der Waals surface area contributed by atoms with Crippen LogP contribution in [0.25, 0.3) is 0 Å². The highest BCUT2D eigenvalue weighted by Crippen LogP contribution is 2.35. The molecule has 2 saturated carbocycles. The van der Waals surface area contributed by atoms with Gasteiger partial charge in [0.05, 0.1) is 0 Å². The Bertz CT molecular complexity index is 143.